The molecule has 0 spiro atoms. The Morgan fingerprint density at radius 1 is 1.17 bits per heavy atom. The maximum absolute atomic E-state index is 13.9. The van der Waals surface area contributed by atoms with Crippen molar-refractivity contribution >= 4 is 23.9 Å². The third-order valence-electron chi connectivity index (χ3n) is 7.30. The van der Waals surface area contributed by atoms with Crippen molar-refractivity contribution in [1.82, 2.24) is 20.1 Å². The van der Waals surface area contributed by atoms with Gasteiger partial charge in [-0.2, -0.15) is 0 Å². The average molecular weight is 493 g/mol. The van der Waals surface area contributed by atoms with Gasteiger partial charge in [-0.25, -0.2) is 9.18 Å². The maximum atomic E-state index is 13.9. The lowest BCUT2D eigenvalue weighted by atomic mass is 9.75. The zero-order valence-electron chi connectivity index (χ0n) is 19.9. The number of likely N-dealkylation sites (tertiary alicyclic amines) is 1. The van der Waals surface area contributed by atoms with Gasteiger partial charge in [-0.15, -0.1) is 0 Å². The molecule has 3 fully saturated rings. The molecule has 0 aliphatic carbocycles. The Morgan fingerprint density at radius 3 is 2.69 bits per heavy atom. The van der Waals surface area contributed by atoms with Crippen LogP contribution in [0.3, 0.4) is 0 Å². The van der Waals surface area contributed by atoms with Crippen LogP contribution >= 0.6 is 0 Å². The monoisotopic (exact) mass is 492 g/mol. The van der Waals surface area contributed by atoms with E-state index in [9.17, 15) is 18.8 Å². The second-order valence-electron chi connectivity index (χ2n) is 9.49. The Morgan fingerprint density at radius 2 is 2.00 bits per heavy atom. The van der Waals surface area contributed by atoms with Crippen LogP contribution < -0.4 is 5.32 Å². The average Bonchev–Trinajstić information content (AvgIpc) is 3.51. The Hall–Kier alpha value is -3.59. The van der Waals surface area contributed by atoms with Gasteiger partial charge in [0.15, 0.2) is 5.54 Å². The first-order chi connectivity index (χ1) is 17.5. The molecule has 0 radical (unpaired) electrons. The summed E-state index contributed by atoms with van der Waals surface area (Å²) in [5.74, 6) is -1.07. The van der Waals surface area contributed by atoms with Crippen LogP contribution in [0.15, 0.2) is 54.7 Å². The fourth-order valence-electron chi connectivity index (χ4n) is 5.42. The molecular formula is C27H29FN4O4. The normalized spacial score (nSPS) is 25.1. The van der Waals surface area contributed by atoms with Gasteiger partial charge < -0.3 is 15.0 Å². The molecule has 1 N–H and O–H groups in total. The molecule has 0 saturated carbocycles. The highest BCUT2D eigenvalue weighted by Crippen LogP contribution is 2.41. The summed E-state index contributed by atoms with van der Waals surface area (Å²) >= 11 is 0. The van der Waals surface area contributed by atoms with Gasteiger partial charge in [-0.05, 0) is 61.6 Å². The summed E-state index contributed by atoms with van der Waals surface area (Å²) in [5, 5.41) is 2.99. The fraction of sp³-hybridized carbons (Fsp3) is 0.407. The van der Waals surface area contributed by atoms with Gasteiger partial charge >= 0.3 is 6.03 Å². The van der Waals surface area contributed by atoms with Crippen LogP contribution in [0.5, 0.6) is 0 Å². The van der Waals surface area contributed by atoms with E-state index in [2.05, 4.69) is 10.3 Å². The Bertz CT molecular complexity index is 1160. The summed E-state index contributed by atoms with van der Waals surface area (Å²) < 4.78 is 19.1. The molecule has 188 valence electrons. The highest BCUT2D eigenvalue weighted by atomic mass is 19.1. The number of nitrogens with one attached hydrogen (secondary N) is 1. The topological polar surface area (TPSA) is 91.8 Å². The largest absolute Gasteiger partial charge is 0.376 e. The zero-order chi connectivity index (χ0) is 25.1. The highest BCUT2D eigenvalue weighted by Gasteiger charge is 2.58. The molecule has 3 saturated heterocycles. The van der Waals surface area contributed by atoms with E-state index in [1.807, 2.05) is 6.07 Å². The minimum Gasteiger partial charge on any atom is -0.376 e. The number of amides is 4. The smallest absolute Gasteiger partial charge is 0.325 e. The van der Waals surface area contributed by atoms with Crippen LogP contribution in [0.1, 0.15) is 36.9 Å². The summed E-state index contributed by atoms with van der Waals surface area (Å²) in [4.78, 5) is 47.1. The number of hydrogen-bond donors (Lipinski definition) is 1. The van der Waals surface area contributed by atoms with Gasteiger partial charge in [-0.3, -0.25) is 19.5 Å². The summed E-state index contributed by atoms with van der Waals surface area (Å²) in [6, 6.07) is 11.0. The minimum atomic E-state index is -1.27. The van der Waals surface area contributed by atoms with E-state index < -0.39 is 11.6 Å². The molecule has 2 aromatic rings. The Kier molecular flexibility index (Phi) is 6.82. The number of benzene rings is 1. The van der Waals surface area contributed by atoms with E-state index >= 15 is 0 Å². The van der Waals surface area contributed by atoms with Crippen LogP contribution in [0.4, 0.5) is 9.18 Å². The second-order valence-corrected chi connectivity index (χ2v) is 9.49. The van der Waals surface area contributed by atoms with E-state index in [1.54, 1.807) is 41.4 Å². The number of piperidine rings is 1. The summed E-state index contributed by atoms with van der Waals surface area (Å²) in [5.41, 5.74) is -0.157. The number of ether oxygens (including phenoxy) is 1. The van der Waals surface area contributed by atoms with E-state index in [4.69, 9.17) is 4.74 Å². The van der Waals surface area contributed by atoms with E-state index in [0.717, 1.165) is 12.8 Å². The van der Waals surface area contributed by atoms with E-state index in [1.165, 1.54) is 23.1 Å². The van der Waals surface area contributed by atoms with Crippen molar-refractivity contribution in [2.45, 2.75) is 37.3 Å². The molecule has 8 nitrogen and oxygen atoms in total. The van der Waals surface area contributed by atoms with Gasteiger partial charge in [0.2, 0.25) is 5.91 Å². The van der Waals surface area contributed by atoms with Crippen molar-refractivity contribution in [1.29, 1.82) is 0 Å². The standard InChI is InChI=1S/C27H29FN4O4/c28-21-6-3-5-19(17-21)9-10-24(33)31-14-11-20(12-15-31)27(23-8-1-2-13-29-23)25(34)32(26(35)30-27)18-22-7-4-16-36-22/h1-3,5-6,8-10,13,17,20,22H,4,7,11-12,14-16,18H2,(H,30,35)/b10-9+/t22-,27+/m1/s1. The molecule has 4 amide bonds. The number of carbonyl (C=O) groups excluding carboxylic acids is 3. The molecule has 3 aliphatic rings. The van der Waals surface area contributed by atoms with Crippen molar-refractivity contribution in [2.24, 2.45) is 5.92 Å². The molecular weight excluding hydrogens is 463 g/mol. The Labute approximate surface area is 209 Å². The first-order valence-electron chi connectivity index (χ1n) is 12.4. The van der Waals surface area contributed by atoms with Gasteiger partial charge in [0.1, 0.15) is 5.82 Å². The van der Waals surface area contributed by atoms with Crippen molar-refractivity contribution in [3.05, 3.63) is 71.8 Å². The molecule has 36 heavy (non-hydrogen) atoms. The van der Waals surface area contributed by atoms with Crippen LogP contribution in [-0.4, -0.2) is 65.0 Å². The highest BCUT2D eigenvalue weighted by molar-refractivity contribution is 6.07. The summed E-state index contributed by atoms with van der Waals surface area (Å²) in [7, 11) is 0. The van der Waals surface area contributed by atoms with Crippen LogP contribution in [0.2, 0.25) is 0 Å². The lowest BCUT2D eigenvalue weighted by Crippen LogP contribution is -2.54. The number of aromatic nitrogens is 1. The summed E-state index contributed by atoms with van der Waals surface area (Å²) in [6.45, 7) is 1.72. The molecule has 9 heteroatoms. The van der Waals surface area contributed by atoms with Gasteiger partial charge in [0.25, 0.3) is 5.91 Å². The molecule has 2 atom stereocenters. The molecule has 5 rings (SSSR count). The number of carbonyl (C=O) groups is 3. The Balaban J connectivity index is 1.32. The number of nitrogens with zero attached hydrogens (tertiary/aromatic N) is 3. The van der Waals surface area contributed by atoms with Crippen LogP contribution in [0.25, 0.3) is 6.08 Å². The van der Waals surface area contributed by atoms with Crippen molar-refractivity contribution in [3.8, 4) is 0 Å². The third kappa shape index (κ3) is 4.63. The van der Waals surface area contributed by atoms with Crippen molar-refractivity contribution < 1.29 is 23.5 Å². The zero-order valence-corrected chi connectivity index (χ0v) is 19.9. The molecule has 3 aliphatic heterocycles. The van der Waals surface area contributed by atoms with E-state index in [0.29, 0.717) is 43.8 Å². The van der Waals surface area contributed by atoms with Gasteiger partial charge in [0, 0.05) is 37.9 Å². The lowest BCUT2D eigenvalue weighted by Gasteiger charge is -2.40. The van der Waals surface area contributed by atoms with Gasteiger partial charge in [0.05, 0.1) is 18.3 Å². The first kappa shape index (κ1) is 24.1. The third-order valence-corrected chi connectivity index (χ3v) is 7.30. The predicted octanol–water partition coefficient (Wildman–Crippen LogP) is 3.10. The fourth-order valence-corrected chi connectivity index (χ4v) is 5.42. The van der Waals surface area contributed by atoms with Crippen LogP contribution in [0, 0.1) is 11.7 Å². The predicted molar refractivity (Wildman–Crippen MR) is 130 cm³/mol. The van der Waals surface area contributed by atoms with Gasteiger partial charge in [-0.1, -0.05) is 18.2 Å². The molecule has 4 heterocycles. The van der Waals surface area contributed by atoms with Crippen molar-refractivity contribution in [3.63, 3.8) is 0 Å². The molecule has 1 aromatic carbocycles. The SMILES string of the molecule is O=C(/C=C/c1cccc(F)c1)N1CCC([C@@]2(c3ccccn3)NC(=O)N(C[C@H]3CCCO3)C2=O)CC1. The maximum Gasteiger partial charge on any atom is 0.325 e. The first-order valence-corrected chi connectivity index (χ1v) is 12.4. The van der Waals surface area contributed by atoms with Crippen LogP contribution in [-0.2, 0) is 19.9 Å². The number of hydrogen-bond acceptors (Lipinski definition) is 5. The minimum absolute atomic E-state index is 0.149. The van der Waals surface area contributed by atoms with Crippen molar-refractivity contribution in [2.75, 3.05) is 26.2 Å². The quantitative estimate of drug-likeness (QED) is 0.494. The number of urea groups is 1. The lowest BCUT2D eigenvalue weighted by molar-refractivity contribution is -0.136. The number of rotatable bonds is 6. The molecule has 0 bridgehead atoms. The molecule has 1 aromatic heterocycles. The van der Waals surface area contributed by atoms with E-state index in [-0.39, 0.29) is 36.2 Å². The number of halogens is 1. The molecule has 0 unspecified atom stereocenters. The summed E-state index contributed by atoms with van der Waals surface area (Å²) in [6.07, 6.45) is 7.29. The number of pyridine rings is 1. The number of imide groups is 1. The second kappa shape index (κ2) is 10.2.